The normalized spacial score (nSPS) is 15.5. The third-order valence-corrected chi connectivity index (χ3v) is 8.44. The summed E-state index contributed by atoms with van der Waals surface area (Å²) < 4.78 is 0. The Morgan fingerprint density at radius 1 is 0.731 bits per heavy atom. The molecule has 1 fully saturated rings. The van der Waals surface area contributed by atoms with Crippen LogP contribution in [0.1, 0.15) is 69.8 Å². The molecule has 1 aromatic carbocycles. The van der Waals surface area contributed by atoms with Gasteiger partial charge in [-0.2, -0.15) is 0 Å². The molecule has 20 nitrogen and oxygen atoms in total. The summed E-state index contributed by atoms with van der Waals surface area (Å²) in [6, 6.07) is 1.19. The minimum Gasteiger partial charge on any atom is -0.508 e. The van der Waals surface area contributed by atoms with Gasteiger partial charge in [0.05, 0.1) is 6.04 Å². The molecule has 0 radical (unpaired) electrons. The Kier molecular flexibility index (Phi) is 17.1. The van der Waals surface area contributed by atoms with Crippen molar-refractivity contribution in [2.24, 2.45) is 44.4 Å². The molecule has 4 atom stereocenters. The Bertz CT molecular complexity index is 1460. The van der Waals surface area contributed by atoms with E-state index in [9.17, 15) is 33.9 Å². The fourth-order valence-electron chi connectivity index (χ4n) is 5.60. The van der Waals surface area contributed by atoms with E-state index in [1.54, 1.807) is 12.1 Å². The lowest BCUT2D eigenvalue weighted by Crippen LogP contribution is -2.64. The summed E-state index contributed by atoms with van der Waals surface area (Å²) in [6.07, 6.45) is 1.61. The van der Waals surface area contributed by atoms with Gasteiger partial charge in [0.15, 0.2) is 11.9 Å². The monoisotopic (exact) mass is 732 g/mol. The third kappa shape index (κ3) is 14.7. The maximum absolute atomic E-state index is 14.0. The van der Waals surface area contributed by atoms with Crippen LogP contribution >= 0.6 is 0 Å². The number of carboxylic acids is 1. The highest BCUT2D eigenvalue weighted by Gasteiger charge is 2.45. The van der Waals surface area contributed by atoms with E-state index in [4.69, 9.17) is 39.5 Å². The van der Waals surface area contributed by atoms with Gasteiger partial charge in [-0.1, -0.05) is 25.0 Å². The first-order chi connectivity index (χ1) is 24.5. The Morgan fingerprint density at radius 2 is 1.25 bits per heavy atom. The quantitative estimate of drug-likeness (QED) is 0.0315. The lowest BCUT2D eigenvalue weighted by atomic mass is 9.94. The second-order valence-electron chi connectivity index (χ2n) is 12.6. The molecule has 0 heterocycles. The zero-order chi connectivity index (χ0) is 38.8. The summed E-state index contributed by atoms with van der Waals surface area (Å²) in [5.41, 5.74) is 32.2. The van der Waals surface area contributed by atoms with Crippen LogP contribution in [0.25, 0.3) is 0 Å². The number of carbonyl (C=O) groups excluding carboxylic acids is 5. The smallest absolute Gasteiger partial charge is 0.303 e. The fourth-order valence-corrected chi connectivity index (χ4v) is 5.60. The fraction of sp³-hybridized carbons (Fsp3) is 0.562. The van der Waals surface area contributed by atoms with Crippen LogP contribution in [0.4, 0.5) is 0 Å². The number of hydrogen-bond donors (Lipinski definition) is 12. The molecule has 5 amide bonds. The Hall–Kier alpha value is -5.66. The van der Waals surface area contributed by atoms with Gasteiger partial charge in [-0.25, -0.2) is 0 Å². The van der Waals surface area contributed by atoms with Gasteiger partial charge in [0.1, 0.15) is 29.4 Å². The molecule has 0 spiro atoms. The van der Waals surface area contributed by atoms with Gasteiger partial charge in [-0.15, -0.1) is 0 Å². The van der Waals surface area contributed by atoms with Gasteiger partial charge in [0.25, 0.3) is 0 Å². The van der Waals surface area contributed by atoms with Crippen LogP contribution in [0.15, 0.2) is 34.3 Å². The van der Waals surface area contributed by atoms with E-state index in [0.29, 0.717) is 18.4 Å². The molecule has 0 aromatic heterocycles. The number of primary amides is 1. The highest BCUT2D eigenvalue weighted by Crippen LogP contribution is 2.30. The van der Waals surface area contributed by atoms with Gasteiger partial charge in [0, 0.05) is 25.9 Å². The zero-order valence-electron chi connectivity index (χ0n) is 29.0. The number of carbonyl (C=O) groups is 6. The number of aliphatic imine (C=N–C) groups is 2. The maximum atomic E-state index is 14.0. The summed E-state index contributed by atoms with van der Waals surface area (Å²) in [5, 5.41) is 29.2. The molecule has 0 unspecified atom stereocenters. The van der Waals surface area contributed by atoms with Gasteiger partial charge in [-0.3, -0.25) is 38.8 Å². The topological polar surface area (TPSA) is 372 Å². The maximum Gasteiger partial charge on any atom is 0.303 e. The van der Waals surface area contributed by atoms with Crippen molar-refractivity contribution in [3.05, 3.63) is 29.8 Å². The van der Waals surface area contributed by atoms with E-state index >= 15 is 0 Å². The first-order valence-electron chi connectivity index (χ1n) is 16.9. The number of carboxylic acid groups (broad SMARTS) is 1. The Balaban J connectivity index is 2.30. The number of phenols is 1. The summed E-state index contributed by atoms with van der Waals surface area (Å²) in [5.74, 6) is -5.15. The number of aliphatic carboxylic acids is 1. The van der Waals surface area contributed by atoms with E-state index < -0.39 is 65.2 Å². The van der Waals surface area contributed by atoms with Crippen molar-refractivity contribution in [2.45, 2.75) is 100 Å². The van der Waals surface area contributed by atoms with Crippen LogP contribution in [0, 0.1) is 0 Å². The van der Waals surface area contributed by atoms with Crippen LogP contribution in [-0.2, 0) is 35.2 Å². The predicted octanol–water partition coefficient (Wildman–Crippen LogP) is -3.40. The highest BCUT2D eigenvalue weighted by molar-refractivity contribution is 5.98. The number of amides is 5. The van der Waals surface area contributed by atoms with Crippen molar-refractivity contribution in [3.63, 3.8) is 0 Å². The molecular formula is C32H52N12O8. The standard InChI is InChI=1S/C32H52N12O8/c33-20(11-12-24(46)47)26(49)41-22(6-4-16-40-31(37)38)28(51)44-32(13-1-2-14-32)29(52)43-21(5-3-15-39-30(35)36)27(50)42-23(25(34)48)17-18-7-9-19(45)10-8-18/h7-10,20-23,45H,1-6,11-17,33H2,(H2,34,48)(H,41,49)(H,42,50)(H,43,52)(H,44,51)(H,46,47)(H4,35,36,39)(H4,37,38,40)/t20-,21-,22-,23-/m0/s1. The largest absolute Gasteiger partial charge is 0.508 e. The molecule has 1 saturated carbocycles. The average Bonchev–Trinajstić information content (AvgIpc) is 3.56. The number of guanidine groups is 2. The van der Waals surface area contributed by atoms with Gasteiger partial charge in [0.2, 0.25) is 29.5 Å². The molecule has 0 saturated heterocycles. The van der Waals surface area contributed by atoms with E-state index in [0.717, 1.165) is 0 Å². The van der Waals surface area contributed by atoms with Crippen LogP contribution in [-0.4, -0.2) is 100 Å². The molecule has 1 aromatic rings. The van der Waals surface area contributed by atoms with Crippen LogP contribution in [0.3, 0.4) is 0 Å². The van der Waals surface area contributed by atoms with Crippen molar-refractivity contribution in [3.8, 4) is 5.75 Å². The molecule has 288 valence electrons. The van der Waals surface area contributed by atoms with Crippen LogP contribution < -0.4 is 55.7 Å². The summed E-state index contributed by atoms with van der Waals surface area (Å²) >= 11 is 0. The highest BCUT2D eigenvalue weighted by atomic mass is 16.4. The van der Waals surface area contributed by atoms with Gasteiger partial charge in [-0.05, 0) is 62.6 Å². The molecule has 0 aliphatic heterocycles. The zero-order valence-corrected chi connectivity index (χ0v) is 29.0. The molecule has 20 heteroatoms. The van der Waals surface area contributed by atoms with Crippen molar-refractivity contribution in [1.82, 2.24) is 21.3 Å². The summed E-state index contributed by atoms with van der Waals surface area (Å²) in [4.78, 5) is 85.4. The Morgan fingerprint density at radius 3 is 1.75 bits per heavy atom. The number of nitrogens with two attached hydrogens (primary N) is 6. The lowest BCUT2D eigenvalue weighted by molar-refractivity contribution is -0.138. The van der Waals surface area contributed by atoms with Crippen molar-refractivity contribution in [1.29, 1.82) is 0 Å². The third-order valence-electron chi connectivity index (χ3n) is 8.44. The second-order valence-corrected chi connectivity index (χ2v) is 12.6. The number of benzene rings is 1. The molecule has 1 aliphatic carbocycles. The first-order valence-corrected chi connectivity index (χ1v) is 16.9. The SMILES string of the molecule is NC(=O)[C@H](Cc1ccc(O)cc1)NC(=O)[C@H](CCCN=C(N)N)NC(=O)C1(NC(=O)[C@H](CCCN=C(N)N)NC(=O)[C@@H](N)CCC(=O)O)CCCC1. The van der Waals surface area contributed by atoms with E-state index in [1.807, 2.05) is 0 Å². The van der Waals surface area contributed by atoms with Crippen molar-refractivity contribution in [2.75, 3.05) is 13.1 Å². The lowest BCUT2D eigenvalue weighted by Gasteiger charge is -2.33. The van der Waals surface area contributed by atoms with E-state index in [1.165, 1.54) is 12.1 Å². The summed E-state index contributed by atoms with van der Waals surface area (Å²) in [6.45, 7) is 0.265. The van der Waals surface area contributed by atoms with Crippen molar-refractivity contribution < 1.29 is 39.0 Å². The molecule has 1 aliphatic rings. The van der Waals surface area contributed by atoms with Crippen molar-refractivity contribution >= 4 is 47.4 Å². The Labute approximate surface area is 301 Å². The van der Waals surface area contributed by atoms with Crippen LogP contribution in [0.2, 0.25) is 0 Å². The number of nitrogens with zero attached hydrogens (tertiary/aromatic N) is 2. The van der Waals surface area contributed by atoms with Gasteiger partial charge >= 0.3 is 5.97 Å². The average molecular weight is 733 g/mol. The molecule has 18 N–H and O–H groups in total. The molecule has 52 heavy (non-hydrogen) atoms. The number of nitrogens with one attached hydrogen (secondary N) is 4. The molecule has 0 bridgehead atoms. The molecular weight excluding hydrogens is 680 g/mol. The minimum atomic E-state index is -1.47. The molecule has 2 rings (SSSR count). The van der Waals surface area contributed by atoms with E-state index in [-0.39, 0.29) is 88.5 Å². The summed E-state index contributed by atoms with van der Waals surface area (Å²) in [7, 11) is 0. The predicted molar refractivity (Wildman–Crippen MR) is 191 cm³/mol. The number of hydrogen-bond acceptors (Lipinski definition) is 10. The number of aromatic hydroxyl groups is 1. The number of rotatable bonds is 22. The van der Waals surface area contributed by atoms with Crippen LogP contribution in [0.5, 0.6) is 5.75 Å². The second kappa shape index (κ2) is 20.9. The van der Waals surface area contributed by atoms with E-state index in [2.05, 4.69) is 31.3 Å². The van der Waals surface area contributed by atoms with Gasteiger partial charge < -0.3 is 65.9 Å². The first kappa shape index (κ1) is 42.5. The minimum absolute atomic E-state index is 0.00622. The number of phenolic OH excluding ortho intramolecular Hbond substituents is 1.